The second kappa shape index (κ2) is 24.3. The van der Waals surface area contributed by atoms with E-state index in [9.17, 15) is 0 Å². The molecule has 0 aliphatic heterocycles. The number of hydrogen-bond donors (Lipinski definition) is 0. The van der Waals surface area contributed by atoms with E-state index < -0.39 is 0 Å². The summed E-state index contributed by atoms with van der Waals surface area (Å²) >= 11 is 0. The normalized spacial score (nSPS) is 11.8. The van der Waals surface area contributed by atoms with Crippen molar-refractivity contribution in [2.24, 2.45) is 11.8 Å². The average molecular weight is 409 g/mol. The summed E-state index contributed by atoms with van der Waals surface area (Å²) in [7, 11) is 0. The summed E-state index contributed by atoms with van der Waals surface area (Å²) in [5.41, 5.74) is 0. The molecule has 0 aromatic rings. The lowest BCUT2D eigenvalue weighted by Gasteiger charge is -2.19. The first-order valence-electron chi connectivity index (χ1n) is 14.2. The van der Waals surface area contributed by atoms with Crippen LogP contribution in [0.15, 0.2) is 0 Å². The molecule has 0 radical (unpaired) electrons. The van der Waals surface area contributed by atoms with Crippen molar-refractivity contribution in [1.29, 1.82) is 0 Å². The van der Waals surface area contributed by atoms with Gasteiger partial charge in [0.15, 0.2) is 0 Å². The predicted octanol–water partition coefficient (Wildman–Crippen LogP) is 11.3. The highest BCUT2D eigenvalue weighted by Crippen LogP contribution is 2.25. The van der Waals surface area contributed by atoms with E-state index in [1.165, 1.54) is 148 Å². The zero-order valence-electron chi connectivity index (χ0n) is 21.4. The summed E-state index contributed by atoms with van der Waals surface area (Å²) < 4.78 is 0. The SMILES string of the molecule is CCCCCCCCCCCCC(CCCCCCCCCCCC)CC(C)C. The maximum Gasteiger partial charge on any atom is -0.0412 e. The van der Waals surface area contributed by atoms with Crippen LogP contribution in [0.1, 0.15) is 175 Å². The molecule has 0 rings (SSSR count). The first-order chi connectivity index (χ1) is 14.2. The Morgan fingerprint density at radius 3 is 0.931 bits per heavy atom. The molecule has 0 spiro atoms. The maximum absolute atomic E-state index is 2.42. The van der Waals surface area contributed by atoms with Gasteiger partial charge in [0.05, 0.1) is 0 Å². The molecule has 0 atom stereocenters. The molecule has 29 heavy (non-hydrogen) atoms. The van der Waals surface area contributed by atoms with Gasteiger partial charge in [-0.25, -0.2) is 0 Å². The molecule has 0 aromatic heterocycles. The molecule has 0 heteroatoms. The summed E-state index contributed by atoms with van der Waals surface area (Å²) in [5.74, 6) is 1.89. The molecule has 0 unspecified atom stereocenters. The van der Waals surface area contributed by atoms with Crippen LogP contribution >= 0.6 is 0 Å². The fourth-order valence-corrected chi connectivity index (χ4v) is 4.89. The van der Waals surface area contributed by atoms with Crippen LogP contribution in [0.5, 0.6) is 0 Å². The van der Waals surface area contributed by atoms with E-state index in [0.29, 0.717) is 0 Å². The standard InChI is InChI=1S/C29H60/c1-5-7-9-11-13-15-17-19-21-23-25-29(27-28(3)4)26-24-22-20-18-16-14-12-10-8-6-2/h28-29H,5-27H2,1-4H3. The predicted molar refractivity (Wildman–Crippen MR) is 136 cm³/mol. The third kappa shape index (κ3) is 24.1. The fraction of sp³-hybridized carbons (Fsp3) is 1.00. The Kier molecular flexibility index (Phi) is 24.3. The molecule has 176 valence electrons. The van der Waals surface area contributed by atoms with Crippen molar-refractivity contribution in [3.05, 3.63) is 0 Å². The minimum absolute atomic E-state index is 0.881. The Balaban J connectivity index is 3.55. The topological polar surface area (TPSA) is 0 Å². The van der Waals surface area contributed by atoms with Crippen molar-refractivity contribution in [3.8, 4) is 0 Å². The maximum atomic E-state index is 2.42. The van der Waals surface area contributed by atoms with E-state index in [0.717, 1.165) is 11.8 Å². The molecule has 0 fully saturated rings. The monoisotopic (exact) mass is 408 g/mol. The molecular weight excluding hydrogens is 348 g/mol. The van der Waals surface area contributed by atoms with Crippen LogP contribution in [0.4, 0.5) is 0 Å². The molecule has 0 N–H and O–H groups in total. The van der Waals surface area contributed by atoms with Crippen LogP contribution in [0.3, 0.4) is 0 Å². The van der Waals surface area contributed by atoms with Crippen molar-refractivity contribution in [2.75, 3.05) is 0 Å². The lowest BCUT2D eigenvalue weighted by Crippen LogP contribution is -2.05. The zero-order chi connectivity index (χ0) is 21.4. The van der Waals surface area contributed by atoms with Crippen molar-refractivity contribution in [2.45, 2.75) is 175 Å². The number of rotatable bonds is 24. The van der Waals surface area contributed by atoms with E-state index in [-0.39, 0.29) is 0 Å². The first-order valence-corrected chi connectivity index (χ1v) is 14.2. The Bertz CT molecular complexity index is 256. The van der Waals surface area contributed by atoms with Gasteiger partial charge >= 0.3 is 0 Å². The molecule has 0 bridgehead atoms. The highest BCUT2D eigenvalue weighted by Gasteiger charge is 2.10. The third-order valence-corrected chi connectivity index (χ3v) is 6.74. The van der Waals surface area contributed by atoms with Gasteiger partial charge in [0.25, 0.3) is 0 Å². The summed E-state index contributed by atoms with van der Waals surface area (Å²) in [6.45, 7) is 9.46. The summed E-state index contributed by atoms with van der Waals surface area (Å²) in [6, 6.07) is 0. The lowest BCUT2D eigenvalue weighted by atomic mass is 9.87. The Morgan fingerprint density at radius 2 is 0.655 bits per heavy atom. The van der Waals surface area contributed by atoms with Gasteiger partial charge in [-0.15, -0.1) is 0 Å². The van der Waals surface area contributed by atoms with Crippen molar-refractivity contribution >= 4 is 0 Å². The van der Waals surface area contributed by atoms with Crippen molar-refractivity contribution < 1.29 is 0 Å². The molecule has 0 saturated carbocycles. The van der Waals surface area contributed by atoms with Gasteiger partial charge in [-0.1, -0.05) is 169 Å². The molecule has 0 saturated heterocycles. The smallest absolute Gasteiger partial charge is 0.0412 e. The first kappa shape index (κ1) is 29.0. The highest BCUT2D eigenvalue weighted by atomic mass is 14.2. The van der Waals surface area contributed by atoms with Crippen LogP contribution in [0.2, 0.25) is 0 Å². The van der Waals surface area contributed by atoms with E-state index >= 15 is 0 Å². The van der Waals surface area contributed by atoms with Gasteiger partial charge in [0, 0.05) is 0 Å². The molecule has 0 aliphatic carbocycles. The van der Waals surface area contributed by atoms with E-state index in [1.54, 1.807) is 0 Å². The second-order valence-electron chi connectivity index (χ2n) is 10.4. The van der Waals surface area contributed by atoms with Gasteiger partial charge in [-0.2, -0.15) is 0 Å². The van der Waals surface area contributed by atoms with E-state index in [4.69, 9.17) is 0 Å². The van der Waals surface area contributed by atoms with Crippen LogP contribution < -0.4 is 0 Å². The quantitative estimate of drug-likeness (QED) is 0.139. The molecule has 0 nitrogen and oxygen atoms in total. The summed E-state index contributed by atoms with van der Waals surface area (Å²) in [5, 5.41) is 0. The van der Waals surface area contributed by atoms with Gasteiger partial charge in [-0.05, 0) is 18.3 Å². The van der Waals surface area contributed by atoms with Crippen molar-refractivity contribution in [3.63, 3.8) is 0 Å². The van der Waals surface area contributed by atoms with Gasteiger partial charge in [-0.3, -0.25) is 0 Å². The van der Waals surface area contributed by atoms with Crippen LogP contribution in [0.25, 0.3) is 0 Å². The fourth-order valence-electron chi connectivity index (χ4n) is 4.89. The van der Waals surface area contributed by atoms with Gasteiger partial charge < -0.3 is 0 Å². The second-order valence-corrected chi connectivity index (χ2v) is 10.4. The third-order valence-electron chi connectivity index (χ3n) is 6.74. The minimum Gasteiger partial charge on any atom is -0.0654 e. The van der Waals surface area contributed by atoms with Crippen LogP contribution in [0, 0.1) is 11.8 Å². The number of hydrogen-bond acceptors (Lipinski definition) is 0. The minimum atomic E-state index is 0.881. The summed E-state index contributed by atoms with van der Waals surface area (Å²) in [6.07, 6.45) is 33.8. The van der Waals surface area contributed by atoms with Crippen LogP contribution in [-0.4, -0.2) is 0 Å². The molecule has 0 amide bonds. The highest BCUT2D eigenvalue weighted by molar-refractivity contribution is 4.63. The lowest BCUT2D eigenvalue weighted by molar-refractivity contribution is 0.338. The Morgan fingerprint density at radius 1 is 0.379 bits per heavy atom. The largest absolute Gasteiger partial charge is 0.0654 e. The Labute approximate surface area is 187 Å². The van der Waals surface area contributed by atoms with E-state index in [1.807, 2.05) is 0 Å². The van der Waals surface area contributed by atoms with Crippen molar-refractivity contribution in [1.82, 2.24) is 0 Å². The van der Waals surface area contributed by atoms with Crippen LogP contribution in [-0.2, 0) is 0 Å². The number of unbranched alkanes of at least 4 members (excludes halogenated alkanes) is 18. The molecular formula is C29H60. The molecule has 0 heterocycles. The van der Waals surface area contributed by atoms with E-state index in [2.05, 4.69) is 27.7 Å². The van der Waals surface area contributed by atoms with Gasteiger partial charge in [0.1, 0.15) is 0 Å². The average Bonchev–Trinajstić information content (AvgIpc) is 2.70. The Hall–Kier alpha value is 0. The molecule has 0 aliphatic rings. The zero-order valence-corrected chi connectivity index (χ0v) is 21.4. The molecule has 0 aromatic carbocycles. The van der Waals surface area contributed by atoms with Gasteiger partial charge in [0.2, 0.25) is 0 Å². The summed E-state index contributed by atoms with van der Waals surface area (Å²) in [4.78, 5) is 0.